The van der Waals surface area contributed by atoms with Crippen LogP contribution in [0, 0.1) is 5.92 Å². The standard InChI is InChI=1S/C16H21N3OS/c1-12(10-21-3)16(20)18-13(2)14-5-4-6-15(9-14)19-8-7-17-11-19/h4-9,11-13H,10H2,1-3H3,(H,18,20)/t12-,13+/m0/s1. The first-order valence-electron chi connectivity index (χ1n) is 6.99. The maximum atomic E-state index is 12.1. The van der Waals surface area contributed by atoms with Crippen molar-refractivity contribution >= 4 is 17.7 Å². The lowest BCUT2D eigenvalue weighted by molar-refractivity contribution is -0.124. The van der Waals surface area contributed by atoms with Gasteiger partial charge < -0.3 is 9.88 Å². The van der Waals surface area contributed by atoms with Gasteiger partial charge in [0, 0.05) is 29.8 Å². The minimum absolute atomic E-state index is 0.00900. The molecule has 0 saturated carbocycles. The number of amides is 1. The van der Waals surface area contributed by atoms with Gasteiger partial charge in [-0.1, -0.05) is 19.1 Å². The highest BCUT2D eigenvalue weighted by Gasteiger charge is 2.15. The Morgan fingerprint density at radius 1 is 1.43 bits per heavy atom. The van der Waals surface area contributed by atoms with E-state index in [9.17, 15) is 4.79 Å². The molecule has 0 radical (unpaired) electrons. The van der Waals surface area contributed by atoms with Crippen LogP contribution in [0.3, 0.4) is 0 Å². The lowest BCUT2D eigenvalue weighted by atomic mass is 10.1. The number of benzene rings is 1. The van der Waals surface area contributed by atoms with Crippen LogP contribution in [0.5, 0.6) is 0 Å². The summed E-state index contributed by atoms with van der Waals surface area (Å²) in [7, 11) is 0. The van der Waals surface area contributed by atoms with Gasteiger partial charge in [-0.15, -0.1) is 0 Å². The molecule has 112 valence electrons. The molecule has 2 rings (SSSR count). The first-order valence-corrected chi connectivity index (χ1v) is 8.38. The van der Waals surface area contributed by atoms with Crippen LogP contribution in [-0.4, -0.2) is 27.5 Å². The number of nitrogens with zero attached hydrogens (tertiary/aromatic N) is 2. The maximum Gasteiger partial charge on any atom is 0.224 e. The number of thioether (sulfide) groups is 1. The van der Waals surface area contributed by atoms with Gasteiger partial charge in [-0.2, -0.15) is 11.8 Å². The zero-order chi connectivity index (χ0) is 15.2. The number of aromatic nitrogens is 2. The van der Waals surface area contributed by atoms with Crippen molar-refractivity contribution < 1.29 is 4.79 Å². The molecule has 0 spiro atoms. The van der Waals surface area contributed by atoms with Crippen LogP contribution in [0.2, 0.25) is 0 Å². The summed E-state index contributed by atoms with van der Waals surface area (Å²) in [5.74, 6) is 0.970. The average molecular weight is 303 g/mol. The molecule has 0 unspecified atom stereocenters. The second-order valence-corrected chi connectivity index (χ2v) is 6.06. The monoisotopic (exact) mass is 303 g/mol. The normalized spacial score (nSPS) is 13.7. The Hall–Kier alpha value is -1.75. The highest BCUT2D eigenvalue weighted by molar-refractivity contribution is 7.98. The van der Waals surface area contributed by atoms with E-state index in [-0.39, 0.29) is 17.9 Å². The van der Waals surface area contributed by atoms with E-state index in [0.717, 1.165) is 17.0 Å². The molecule has 0 saturated heterocycles. The maximum absolute atomic E-state index is 12.1. The van der Waals surface area contributed by atoms with Crippen LogP contribution < -0.4 is 5.32 Å². The highest BCUT2D eigenvalue weighted by atomic mass is 32.2. The molecule has 2 atom stereocenters. The zero-order valence-corrected chi connectivity index (χ0v) is 13.4. The number of rotatable bonds is 6. The van der Waals surface area contributed by atoms with Gasteiger partial charge in [-0.05, 0) is 30.9 Å². The summed E-state index contributed by atoms with van der Waals surface area (Å²) in [5.41, 5.74) is 2.13. The molecule has 21 heavy (non-hydrogen) atoms. The number of carbonyl (C=O) groups is 1. The minimum atomic E-state index is -0.00900. The van der Waals surface area contributed by atoms with Crippen molar-refractivity contribution in [3.63, 3.8) is 0 Å². The van der Waals surface area contributed by atoms with Gasteiger partial charge >= 0.3 is 0 Å². The largest absolute Gasteiger partial charge is 0.349 e. The lowest BCUT2D eigenvalue weighted by Crippen LogP contribution is -2.32. The summed E-state index contributed by atoms with van der Waals surface area (Å²) < 4.78 is 1.95. The van der Waals surface area contributed by atoms with Crippen molar-refractivity contribution in [1.29, 1.82) is 0 Å². The molecule has 1 heterocycles. The van der Waals surface area contributed by atoms with Crippen molar-refractivity contribution in [2.75, 3.05) is 12.0 Å². The second-order valence-electron chi connectivity index (χ2n) is 5.15. The second kappa shape index (κ2) is 7.31. The van der Waals surface area contributed by atoms with Crippen molar-refractivity contribution in [3.8, 4) is 5.69 Å². The van der Waals surface area contributed by atoms with Crippen LogP contribution in [0.1, 0.15) is 25.5 Å². The number of imidazole rings is 1. The van der Waals surface area contributed by atoms with Crippen molar-refractivity contribution in [2.24, 2.45) is 5.92 Å². The van der Waals surface area contributed by atoms with Gasteiger partial charge in [0.25, 0.3) is 0 Å². The molecule has 1 N–H and O–H groups in total. The molecule has 5 heteroatoms. The van der Waals surface area contributed by atoms with Crippen molar-refractivity contribution in [3.05, 3.63) is 48.5 Å². The Labute approximate surface area is 130 Å². The highest BCUT2D eigenvalue weighted by Crippen LogP contribution is 2.17. The van der Waals surface area contributed by atoms with E-state index in [1.807, 2.05) is 49.1 Å². The van der Waals surface area contributed by atoms with Gasteiger partial charge in [0.1, 0.15) is 0 Å². The molecular formula is C16H21N3OS. The number of hydrogen-bond acceptors (Lipinski definition) is 3. The first kappa shape index (κ1) is 15.6. The summed E-state index contributed by atoms with van der Waals surface area (Å²) in [6.07, 6.45) is 7.44. The molecule has 0 fully saturated rings. The predicted octanol–water partition coefficient (Wildman–Crippen LogP) is 3.05. The Morgan fingerprint density at radius 2 is 2.24 bits per heavy atom. The van der Waals surface area contributed by atoms with Crippen LogP contribution in [0.4, 0.5) is 0 Å². The molecule has 4 nitrogen and oxygen atoms in total. The molecule has 1 aromatic heterocycles. The summed E-state index contributed by atoms with van der Waals surface area (Å²) >= 11 is 1.69. The first-order chi connectivity index (χ1) is 10.1. The molecular weight excluding hydrogens is 282 g/mol. The van der Waals surface area contributed by atoms with Gasteiger partial charge in [0.15, 0.2) is 0 Å². The van der Waals surface area contributed by atoms with E-state index in [0.29, 0.717) is 0 Å². The Morgan fingerprint density at radius 3 is 2.90 bits per heavy atom. The smallest absolute Gasteiger partial charge is 0.224 e. The summed E-state index contributed by atoms with van der Waals surface area (Å²) in [6, 6.07) is 8.12. The Bertz CT molecular complexity index is 583. The van der Waals surface area contributed by atoms with Crippen LogP contribution >= 0.6 is 11.8 Å². The predicted molar refractivity (Wildman–Crippen MR) is 87.7 cm³/mol. The number of carbonyl (C=O) groups excluding carboxylic acids is 1. The molecule has 1 aromatic carbocycles. The lowest BCUT2D eigenvalue weighted by Gasteiger charge is -2.18. The zero-order valence-electron chi connectivity index (χ0n) is 12.6. The average Bonchev–Trinajstić information content (AvgIpc) is 3.01. The van der Waals surface area contributed by atoms with E-state index in [1.165, 1.54) is 0 Å². The van der Waals surface area contributed by atoms with Crippen molar-refractivity contribution in [1.82, 2.24) is 14.9 Å². The molecule has 0 aliphatic rings. The van der Waals surface area contributed by atoms with E-state index >= 15 is 0 Å². The summed E-state index contributed by atoms with van der Waals surface area (Å²) in [5, 5.41) is 3.08. The van der Waals surface area contributed by atoms with Gasteiger partial charge in [0.05, 0.1) is 12.4 Å². The summed E-state index contributed by atoms with van der Waals surface area (Å²) in [4.78, 5) is 16.1. The molecule has 0 bridgehead atoms. The van der Waals surface area contributed by atoms with Crippen LogP contribution in [0.15, 0.2) is 43.0 Å². The number of nitrogens with one attached hydrogen (secondary N) is 1. The SMILES string of the molecule is CSC[C@H](C)C(=O)N[C@H](C)c1cccc(-n2ccnc2)c1. The third-order valence-corrected chi connectivity index (χ3v) is 4.23. The van der Waals surface area contributed by atoms with Gasteiger partial charge in [-0.3, -0.25) is 4.79 Å². The Kier molecular flexibility index (Phi) is 5.44. The minimum Gasteiger partial charge on any atom is -0.349 e. The van der Waals surface area contributed by atoms with Crippen molar-refractivity contribution in [2.45, 2.75) is 19.9 Å². The topological polar surface area (TPSA) is 46.9 Å². The van der Waals surface area contributed by atoms with Crippen LogP contribution in [-0.2, 0) is 4.79 Å². The van der Waals surface area contributed by atoms with E-state index in [1.54, 1.807) is 24.3 Å². The number of hydrogen-bond donors (Lipinski definition) is 1. The van der Waals surface area contributed by atoms with E-state index in [2.05, 4.69) is 16.4 Å². The summed E-state index contributed by atoms with van der Waals surface area (Å²) in [6.45, 7) is 3.97. The molecule has 0 aliphatic carbocycles. The fourth-order valence-corrected chi connectivity index (χ4v) is 2.78. The fraction of sp³-hybridized carbons (Fsp3) is 0.375. The van der Waals surface area contributed by atoms with Gasteiger partial charge in [0.2, 0.25) is 5.91 Å². The Balaban J connectivity index is 2.07. The van der Waals surface area contributed by atoms with Crippen LogP contribution in [0.25, 0.3) is 5.69 Å². The molecule has 1 amide bonds. The van der Waals surface area contributed by atoms with Gasteiger partial charge in [-0.25, -0.2) is 4.98 Å². The van der Waals surface area contributed by atoms with E-state index < -0.39 is 0 Å². The van der Waals surface area contributed by atoms with E-state index in [4.69, 9.17) is 0 Å². The molecule has 0 aliphatic heterocycles. The third-order valence-electron chi connectivity index (χ3n) is 3.40. The molecule has 2 aromatic rings. The third kappa shape index (κ3) is 4.11. The quantitative estimate of drug-likeness (QED) is 0.892. The fourth-order valence-electron chi connectivity index (χ4n) is 2.13.